The number of benzene rings is 1. The zero-order chi connectivity index (χ0) is 18.3. The zero-order valence-corrected chi connectivity index (χ0v) is 15.0. The van der Waals surface area contributed by atoms with Crippen molar-refractivity contribution in [3.05, 3.63) is 70.7 Å². The van der Waals surface area contributed by atoms with Crippen LogP contribution in [0, 0.1) is 13.8 Å². The van der Waals surface area contributed by atoms with Crippen LogP contribution in [0.15, 0.2) is 42.5 Å². The Hall–Kier alpha value is -2.79. The van der Waals surface area contributed by atoms with Crippen molar-refractivity contribution >= 4 is 5.95 Å². The van der Waals surface area contributed by atoms with Gasteiger partial charge in [-0.15, -0.1) is 0 Å². The van der Waals surface area contributed by atoms with Gasteiger partial charge in [-0.05, 0) is 50.3 Å². The molecule has 1 aliphatic carbocycles. The van der Waals surface area contributed by atoms with Gasteiger partial charge in [0, 0.05) is 22.5 Å². The third kappa shape index (κ3) is 2.95. The minimum atomic E-state index is -0.581. The molecule has 1 aromatic carbocycles. The molecular formula is C21H22N4O. The monoisotopic (exact) mass is 346 g/mol. The lowest BCUT2D eigenvalue weighted by Crippen LogP contribution is -2.22. The van der Waals surface area contributed by atoms with Crippen LogP contribution < -0.4 is 5.73 Å². The molecule has 4 rings (SSSR count). The molecule has 5 nitrogen and oxygen atoms in total. The molecule has 26 heavy (non-hydrogen) atoms. The smallest absolute Gasteiger partial charge is 0.220 e. The lowest BCUT2D eigenvalue weighted by molar-refractivity contribution is 0.145. The van der Waals surface area contributed by atoms with E-state index in [1.54, 1.807) is 0 Å². The van der Waals surface area contributed by atoms with Crippen LogP contribution in [0.3, 0.4) is 0 Å². The second-order valence-corrected chi connectivity index (χ2v) is 6.93. The van der Waals surface area contributed by atoms with Crippen molar-refractivity contribution < 1.29 is 5.11 Å². The van der Waals surface area contributed by atoms with Crippen LogP contribution in [0.1, 0.15) is 46.7 Å². The molecule has 2 unspecified atom stereocenters. The lowest BCUT2D eigenvalue weighted by atomic mass is 9.78. The Morgan fingerprint density at radius 1 is 1.00 bits per heavy atom. The van der Waals surface area contributed by atoms with E-state index in [1.807, 2.05) is 44.2 Å². The highest BCUT2D eigenvalue weighted by Gasteiger charge is 2.31. The number of nitrogen functional groups attached to an aromatic ring is 1. The maximum atomic E-state index is 10.7. The third-order valence-electron chi connectivity index (χ3n) is 5.08. The predicted octanol–water partition coefficient (Wildman–Crippen LogP) is 3.50. The van der Waals surface area contributed by atoms with Crippen LogP contribution in [0.2, 0.25) is 0 Å². The van der Waals surface area contributed by atoms with E-state index in [-0.39, 0.29) is 11.9 Å². The Bertz CT molecular complexity index is 970. The number of nitrogens with two attached hydrogens (primary N) is 1. The molecule has 132 valence electrons. The molecule has 0 amide bonds. The van der Waals surface area contributed by atoms with E-state index >= 15 is 0 Å². The molecule has 1 aliphatic rings. The molecule has 0 aliphatic heterocycles. The summed E-state index contributed by atoms with van der Waals surface area (Å²) in [7, 11) is 0. The van der Waals surface area contributed by atoms with Crippen molar-refractivity contribution in [2.45, 2.75) is 38.7 Å². The van der Waals surface area contributed by atoms with E-state index in [2.05, 4.69) is 27.1 Å². The average Bonchev–Trinajstić information content (AvgIpc) is 2.60. The molecule has 0 saturated heterocycles. The van der Waals surface area contributed by atoms with E-state index in [9.17, 15) is 5.11 Å². The fraction of sp³-hybridized carbons (Fsp3) is 0.286. The van der Waals surface area contributed by atoms with Crippen LogP contribution in [0.4, 0.5) is 5.95 Å². The summed E-state index contributed by atoms with van der Waals surface area (Å²) >= 11 is 0. The van der Waals surface area contributed by atoms with Gasteiger partial charge in [0.05, 0.1) is 17.5 Å². The van der Waals surface area contributed by atoms with Crippen LogP contribution in [-0.2, 0) is 6.42 Å². The second kappa shape index (κ2) is 6.50. The maximum Gasteiger partial charge on any atom is 0.220 e. The van der Waals surface area contributed by atoms with Crippen LogP contribution in [0.5, 0.6) is 0 Å². The zero-order valence-electron chi connectivity index (χ0n) is 15.0. The first-order valence-electron chi connectivity index (χ1n) is 8.87. The van der Waals surface area contributed by atoms with Gasteiger partial charge in [0.1, 0.15) is 0 Å². The second-order valence-electron chi connectivity index (χ2n) is 6.93. The summed E-state index contributed by atoms with van der Waals surface area (Å²) in [5.41, 5.74) is 12.5. The predicted molar refractivity (Wildman–Crippen MR) is 102 cm³/mol. The summed E-state index contributed by atoms with van der Waals surface area (Å²) in [5, 5.41) is 10.7. The molecule has 0 bridgehead atoms. The van der Waals surface area contributed by atoms with Crippen molar-refractivity contribution in [1.82, 2.24) is 15.0 Å². The molecule has 0 saturated carbocycles. The van der Waals surface area contributed by atoms with Gasteiger partial charge < -0.3 is 10.8 Å². The minimum absolute atomic E-state index is 0.157. The Balaban J connectivity index is 1.78. The van der Waals surface area contributed by atoms with Gasteiger partial charge in [0.15, 0.2) is 0 Å². The molecule has 2 aromatic heterocycles. The number of hydrogen-bond donors (Lipinski definition) is 2. The Kier molecular flexibility index (Phi) is 4.17. The fourth-order valence-corrected chi connectivity index (χ4v) is 3.97. The van der Waals surface area contributed by atoms with Gasteiger partial charge in [0.2, 0.25) is 5.95 Å². The topological polar surface area (TPSA) is 84.9 Å². The lowest BCUT2D eigenvalue weighted by Gasteiger charge is -2.30. The average molecular weight is 346 g/mol. The largest absolute Gasteiger partial charge is 0.388 e. The van der Waals surface area contributed by atoms with E-state index in [0.717, 1.165) is 40.3 Å². The molecule has 0 fully saturated rings. The molecule has 5 heteroatoms. The number of aryl methyl sites for hydroxylation is 2. The van der Waals surface area contributed by atoms with Crippen molar-refractivity contribution in [1.29, 1.82) is 0 Å². The molecule has 0 spiro atoms. The number of aromatic nitrogens is 3. The highest BCUT2D eigenvalue weighted by Crippen LogP contribution is 2.41. The van der Waals surface area contributed by atoms with Gasteiger partial charge in [-0.1, -0.05) is 30.3 Å². The first-order chi connectivity index (χ1) is 12.5. The summed E-state index contributed by atoms with van der Waals surface area (Å²) in [4.78, 5) is 13.3. The molecule has 2 atom stereocenters. The number of aliphatic hydroxyl groups excluding tert-OH is 1. The quantitative estimate of drug-likeness (QED) is 0.742. The third-order valence-corrected chi connectivity index (χ3v) is 5.08. The van der Waals surface area contributed by atoms with Crippen molar-refractivity contribution in [3.63, 3.8) is 0 Å². The normalized spacial score (nSPS) is 19.2. The van der Waals surface area contributed by atoms with Gasteiger partial charge >= 0.3 is 0 Å². The van der Waals surface area contributed by atoms with E-state index in [4.69, 9.17) is 5.73 Å². The number of rotatable bonds is 2. The molecular weight excluding hydrogens is 324 g/mol. The summed E-state index contributed by atoms with van der Waals surface area (Å²) in [6.07, 6.45) is 0.801. The van der Waals surface area contributed by atoms with E-state index in [0.29, 0.717) is 6.42 Å². The van der Waals surface area contributed by atoms with Gasteiger partial charge in [-0.3, -0.25) is 4.98 Å². The first-order valence-corrected chi connectivity index (χ1v) is 8.87. The Morgan fingerprint density at radius 2 is 1.81 bits per heavy atom. The molecule has 2 heterocycles. The number of fused-ring (bicyclic) bond motifs is 1. The Morgan fingerprint density at radius 3 is 2.62 bits per heavy atom. The Labute approximate surface area is 153 Å². The molecule has 3 N–H and O–H groups in total. The summed E-state index contributed by atoms with van der Waals surface area (Å²) in [6, 6.07) is 14.3. The maximum absolute atomic E-state index is 10.7. The fourth-order valence-electron chi connectivity index (χ4n) is 3.97. The van der Waals surface area contributed by atoms with Crippen molar-refractivity contribution in [2.75, 3.05) is 5.73 Å². The van der Waals surface area contributed by atoms with Crippen molar-refractivity contribution in [2.24, 2.45) is 0 Å². The van der Waals surface area contributed by atoms with Gasteiger partial charge in [-0.2, -0.15) is 0 Å². The van der Waals surface area contributed by atoms with E-state index in [1.165, 1.54) is 5.56 Å². The number of pyridine rings is 1. The minimum Gasteiger partial charge on any atom is -0.388 e. The summed E-state index contributed by atoms with van der Waals surface area (Å²) < 4.78 is 0. The number of anilines is 1. The number of aliphatic hydroxyl groups is 1. The number of hydrogen-bond acceptors (Lipinski definition) is 5. The van der Waals surface area contributed by atoms with Crippen LogP contribution in [0.25, 0.3) is 11.3 Å². The highest BCUT2D eigenvalue weighted by atomic mass is 16.3. The molecule has 3 aromatic rings. The summed E-state index contributed by atoms with van der Waals surface area (Å²) in [6.45, 7) is 3.88. The van der Waals surface area contributed by atoms with Crippen LogP contribution >= 0.6 is 0 Å². The first kappa shape index (κ1) is 16.7. The number of nitrogens with zero attached hydrogens (tertiary/aromatic N) is 3. The highest BCUT2D eigenvalue weighted by molar-refractivity contribution is 5.65. The van der Waals surface area contributed by atoms with Gasteiger partial charge in [-0.25, -0.2) is 9.97 Å². The SMILES string of the molecule is Cc1cccc(-c2ccccc2C2Cc3nc(N)nc(C)c3C(O)C2)n1. The standard InChI is InChI=1S/C21H22N4O/c1-12-6-5-9-17(23-12)16-8-4-3-7-15(16)14-10-18-20(19(26)11-14)13(2)24-21(22)25-18/h3-9,14,19,26H,10-11H2,1-2H3,(H2,22,24,25). The van der Waals surface area contributed by atoms with Gasteiger partial charge in [0.25, 0.3) is 0 Å². The van der Waals surface area contributed by atoms with E-state index < -0.39 is 6.10 Å². The van der Waals surface area contributed by atoms with Crippen LogP contribution in [-0.4, -0.2) is 20.1 Å². The molecule has 0 radical (unpaired) electrons. The summed E-state index contributed by atoms with van der Waals surface area (Å²) in [5.74, 6) is 0.424. The van der Waals surface area contributed by atoms with Crippen molar-refractivity contribution in [3.8, 4) is 11.3 Å².